The summed E-state index contributed by atoms with van der Waals surface area (Å²) < 4.78 is 0. The van der Waals surface area contributed by atoms with Crippen LogP contribution in [-0.4, -0.2) is 31.3 Å². The van der Waals surface area contributed by atoms with Crippen LogP contribution in [0.25, 0.3) is 0 Å². The number of piperidine rings is 1. The summed E-state index contributed by atoms with van der Waals surface area (Å²) in [5, 5.41) is 9.06. The van der Waals surface area contributed by atoms with Crippen molar-refractivity contribution in [2.24, 2.45) is 0 Å². The zero-order valence-corrected chi connectivity index (χ0v) is 5.35. The van der Waals surface area contributed by atoms with E-state index >= 15 is 0 Å². The molecule has 48 valence electrons. The van der Waals surface area contributed by atoms with E-state index in [1.54, 1.807) is 0 Å². The molecular weight excluding hydrogens is 102 g/mol. The molecule has 2 unspecified atom stereocenters. The highest BCUT2D eigenvalue weighted by Gasteiger charge is 2.16. The summed E-state index contributed by atoms with van der Waals surface area (Å²) in [6.45, 7) is 2.18. The number of rotatable bonds is 0. The maximum absolute atomic E-state index is 9.06. The number of hydrogen-bond acceptors (Lipinski definition) is 1. The van der Waals surface area contributed by atoms with Gasteiger partial charge in [0, 0.05) is 0 Å². The van der Waals surface area contributed by atoms with Crippen LogP contribution in [0.15, 0.2) is 0 Å². The van der Waals surface area contributed by atoms with Crippen LogP contribution in [0.2, 0.25) is 0 Å². The highest BCUT2D eigenvalue weighted by Crippen LogP contribution is 1.95. The second-order valence-corrected chi connectivity index (χ2v) is 2.71. The minimum absolute atomic E-state index is 0.0243. The van der Waals surface area contributed by atoms with Gasteiger partial charge in [-0.1, -0.05) is 0 Å². The summed E-state index contributed by atoms with van der Waals surface area (Å²) in [5.41, 5.74) is 0. The molecule has 8 heavy (non-hydrogen) atoms. The number of hydrogen-bond donors (Lipinski definition) is 2. The maximum Gasteiger partial charge on any atom is 0.103 e. The molecule has 0 radical (unpaired) electrons. The third-order valence-corrected chi connectivity index (χ3v) is 1.72. The predicted molar refractivity (Wildman–Crippen MR) is 31.9 cm³/mol. The van der Waals surface area contributed by atoms with Gasteiger partial charge in [0.25, 0.3) is 0 Å². The predicted octanol–water partition coefficient (Wildman–Crippen LogP) is -1.34. The van der Waals surface area contributed by atoms with Crippen LogP contribution in [0.4, 0.5) is 0 Å². The van der Waals surface area contributed by atoms with Gasteiger partial charge < -0.3 is 10.0 Å². The fraction of sp³-hybridized carbons (Fsp3) is 1.00. The number of likely N-dealkylation sites (N-methyl/N-ethyl adjacent to an activating group) is 1. The van der Waals surface area contributed by atoms with Crippen LogP contribution >= 0.6 is 0 Å². The minimum atomic E-state index is -0.0243. The van der Waals surface area contributed by atoms with E-state index in [1.165, 1.54) is 17.9 Å². The molecule has 1 saturated heterocycles. The smallest absolute Gasteiger partial charge is 0.103 e. The molecule has 1 rings (SSSR count). The van der Waals surface area contributed by atoms with E-state index < -0.39 is 0 Å². The number of quaternary nitrogens is 1. The highest BCUT2D eigenvalue weighted by atomic mass is 16.3. The van der Waals surface area contributed by atoms with Crippen LogP contribution in [-0.2, 0) is 0 Å². The van der Waals surface area contributed by atoms with Gasteiger partial charge in [-0.2, -0.15) is 0 Å². The molecule has 1 aliphatic heterocycles. The van der Waals surface area contributed by atoms with Gasteiger partial charge in [-0.25, -0.2) is 0 Å². The lowest BCUT2D eigenvalue weighted by Gasteiger charge is -2.22. The SMILES string of the molecule is C[NH+]1CCCC(O)C1. The van der Waals surface area contributed by atoms with Gasteiger partial charge in [-0.3, -0.25) is 0 Å². The Hall–Kier alpha value is -0.0800. The zero-order chi connectivity index (χ0) is 5.98. The van der Waals surface area contributed by atoms with Crippen LogP contribution in [0.3, 0.4) is 0 Å². The molecule has 2 heteroatoms. The van der Waals surface area contributed by atoms with Crippen molar-refractivity contribution in [3.63, 3.8) is 0 Å². The lowest BCUT2D eigenvalue weighted by Crippen LogP contribution is -3.11. The summed E-state index contributed by atoms with van der Waals surface area (Å²) in [4.78, 5) is 1.46. The summed E-state index contributed by atoms with van der Waals surface area (Å²) in [5.74, 6) is 0. The normalized spacial score (nSPS) is 39.8. The summed E-state index contributed by atoms with van der Waals surface area (Å²) >= 11 is 0. The lowest BCUT2D eigenvalue weighted by atomic mass is 10.1. The molecule has 1 fully saturated rings. The molecule has 0 spiro atoms. The molecule has 0 aliphatic carbocycles. The summed E-state index contributed by atoms with van der Waals surface area (Å²) in [6.07, 6.45) is 2.17. The van der Waals surface area contributed by atoms with E-state index in [9.17, 15) is 0 Å². The number of likely N-dealkylation sites (tertiary alicyclic amines) is 1. The second-order valence-electron chi connectivity index (χ2n) is 2.71. The fourth-order valence-electron chi connectivity index (χ4n) is 1.25. The Labute approximate surface area is 50.1 Å². The van der Waals surface area contributed by atoms with E-state index in [2.05, 4.69) is 7.05 Å². The molecule has 2 N–H and O–H groups in total. The molecule has 0 amide bonds. The van der Waals surface area contributed by atoms with Crippen molar-refractivity contribution >= 4 is 0 Å². The first-order valence-electron chi connectivity index (χ1n) is 3.28. The lowest BCUT2D eigenvalue weighted by molar-refractivity contribution is -0.888. The van der Waals surface area contributed by atoms with E-state index in [1.807, 2.05) is 0 Å². The van der Waals surface area contributed by atoms with Crippen LogP contribution < -0.4 is 4.90 Å². The molecule has 2 nitrogen and oxygen atoms in total. The Morgan fingerprint density at radius 1 is 1.62 bits per heavy atom. The monoisotopic (exact) mass is 116 g/mol. The van der Waals surface area contributed by atoms with Crippen LogP contribution in [0, 0.1) is 0 Å². The standard InChI is InChI=1S/C6H13NO/c1-7-4-2-3-6(8)5-7/h6,8H,2-5H2,1H3/p+1. The first-order chi connectivity index (χ1) is 3.79. The van der Waals surface area contributed by atoms with E-state index in [0.29, 0.717) is 0 Å². The highest BCUT2D eigenvalue weighted by molar-refractivity contribution is 4.55. The van der Waals surface area contributed by atoms with Crippen molar-refractivity contribution in [2.75, 3.05) is 20.1 Å². The molecular formula is C6H14NO+. The quantitative estimate of drug-likeness (QED) is 0.402. The number of aliphatic hydroxyl groups is 1. The Balaban J connectivity index is 2.23. The average Bonchev–Trinajstić information content (AvgIpc) is 1.64. The van der Waals surface area contributed by atoms with Gasteiger partial charge in [0.05, 0.1) is 13.6 Å². The Bertz CT molecular complexity index is 66.9. The molecule has 0 aromatic rings. The average molecular weight is 116 g/mol. The van der Waals surface area contributed by atoms with Crippen molar-refractivity contribution in [2.45, 2.75) is 18.9 Å². The van der Waals surface area contributed by atoms with Crippen molar-refractivity contribution < 1.29 is 10.0 Å². The Morgan fingerprint density at radius 3 is 2.75 bits per heavy atom. The molecule has 2 atom stereocenters. The van der Waals surface area contributed by atoms with Gasteiger partial charge in [0.1, 0.15) is 12.6 Å². The topological polar surface area (TPSA) is 24.7 Å². The summed E-state index contributed by atoms with van der Waals surface area (Å²) in [6, 6.07) is 0. The molecule has 0 bridgehead atoms. The molecule has 0 aromatic carbocycles. The van der Waals surface area contributed by atoms with Gasteiger partial charge >= 0.3 is 0 Å². The molecule has 1 aliphatic rings. The van der Waals surface area contributed by atoms with Crippen molar-refractivity contribution in [1.29, 1.82) is 0 Å². The van der Waals surface area contributed by atoms with Crippen LogP contribution in [0.5, 0.6) is 0 Å². The third kappa shape index (κ3) is 1.46. The van der Waals surface area contributed by atoms with Gasteiger partial charge in [-0.15, -0.1) is 0 Å². The molecule has 0 aromatic heterocycles. The maximum atomic E-state index is 9.06. The second kappa shape index (κ2) is 2.46. The van der Waals surface area contributed by atoms with E-state index in [4.69, 9.17) is 5.11 Å². The Kier molecular flexibility index (Phi) is 1.86. The van der Waals surface area contributed by atoms with Crippen molar-refractivity contribution in [3.8, 4) is 0 Å². The first-order valence-corrected chi connectivity index (χ1v) is 3.28. The largest absolute Gasteiger partial charge is 0.387 e. The van der Waals surface area contributed by atoms with Crippen molar-refractivity contribution in [1.82, 2.24) is 0 Å². The van der Waals surface area contributed by atoms with Crippen molar-refractivity contribution in [3.05, 3.63) is 0 Å². The fourth-order valence-corrected chi connectivity index (χ4v) is 1.25. The Morgan fingerprint density at radius 2 is 2.38 bits per heavy atom. The van der Waals surface area contributed by atoms with E-state index in [0.717, 1.165) is 13.0 Å². The molecule has 0 saturated carbocycles. The summed E-state index contributed by atoms with van der Waals surface area (Å²) in [7, 11) is 2.13. The van der Waals surface area contributed by atoms with Crippen LogP contribution in [0.1, 0.15) is 12.8 Å². The zero-order valence-electron chi connectivity index (χ0n) is 5.35. The van der Waals surface area contributed by atoms with Gasteiger partial charge in [-0.05, 0) is 12.8 Å². The molecule has 1 heterocycles. The minimum Gasteiger partial charge on any atom is -0.387 e. The number of aliphatic hydroxyl groups excluding tert-OH is 1. The van der Waals surface area contributed by atoms with E-state index in [-0.39, 0.29) is 6.10 Å². The first kappa shape index (κ1) is 6.05. The number of nitrogens with one attached hydrogen (secondary N) is 1. The van der Waals surface area contributed by atoms with Gasteiger partial charge in [0.15, 0.2) is 0 Å². The third-order valence-electron chi connectivity index (χ3n) is 1.72. The van der Waals surface area contributed by atoms with Gasteiger partial charge in [0.2, 0.25) is 0 Å².